The molecule has 6 nitrogen and oxygen atoms in total. The third-order valence-corrected chi connectivity index (χ3v) is 6.21. The number of amides is 1. The van der Waals surface area contributed by atoms with Gasteiger partial charge in [-0.05, 0) is 37.1 Å². The molecule has 1 aliphatic rings. The minimum atomic E-state index is -3.26. The number of benzene rings is 2. The fourth-order valence-corrected chi connectivity index (χ4v) is 4.40. The molecule has 2 aromatic rings. The maximum atomic E-state index is 12.6. The molecule has 8 heteroatoms. The molecule has 140 valence electrons. The second-order valence-corrected chi connectivity index (χ2v) is 8.33. The molecule has 3 rings (SSSR count). The summed E-state index contributed by atoms with van der Waals surface area (Å²) in [7, 11) is -3.26. The van der Waals surface area contributed by atoms with Crippen molar-refractivity contribution in [3.63, 3.8) is 0 Å². The number of halogens is 1. The summed E-state index contributed by atoms with van der Waals surface area (Å²) in [5.41, 5.74) is 6.78. The summed E-state index contributed by atoms with van der Waals surface area (Å²) in [4.78, 5) is 12.6. The summed E-state index contributed by atoms with van der Waals surface area (Å²) in [5.74, 6) is -0.210. The van der Waals surface area contributed by atoms with Crippen LogP contribution in [-0.4, -0.2) is 26.6 Å². The van der Waals surface area contributed by atoms with Crippen molar-refractivity contribution >= 4 is 39.7 Å². The lowest BCUT2D eigenvalue weighted by atomic mass is 9.92. The molecule has 1 saturated heterocycles. The summed E-state index contributed by atoms with van der Waals surface area (Å²) < 4.78 is 25.5. The highest BCUT2D eigenvalue weighted by molar-refractivity contribution is 7.93. The predicted octanol–water partition coefficient (Wildman–Crippen LogP) is 2.46. The smallest absolute Gasteiger partial charge is 0.248 e. The van der Waals surface area contributed by atoms with Gasteiger partial charge in [-0.2, -0.15) is 0 Å². The van der Waals surface area contributed by atoms with Gasteiger partial charge in [0.1, 0.15) is 5.54 Å². The van der Waals surface area contributed by atoms with Crippen molar-refractivity contribution in [2.45, 2.75) is 18.9 Å². The molecule has 0 radical (unpaired) electrons. The summed E-state index contributed by atoms with van der Waals surface area (Å²) in [6.07, 6.45) is 0.605. The van der Waals surface area contributed by atoms with Crippen LogP contribution >= 0.6 is 12.4 Å². The molecule has 1 aliphatic heterocycles. The Morgan fingerprint density at radius 2 is 1.85 bits per heavy atom. The first-order chi connectivity index (χ1) is 11.8. The number of nitrogens with zero attached hydrogens (tertiary/aromatic N) is 1. The van der Waals surface area contributed by atoms with E-state index in [1.807, 2.05) is 18.2 Å². The maximum absolute atomic E-state index is 12.6. The lowest BCUT2D eigenvalue weighted by Gasteiger charge is -2.24. The van der Waals surface area contributed by atoms with Crippen LogP contribution in [0.2, 0.25) is 0 Å². The van der Waals surface area contributed by atoms with Gasteiger partial charge in [-0.25, -0.2) is 8.42 Å². The SMILES string of the molecule is CC(N)(C(=O)Nc1cccc(N2CCCS2(=O)=O)c1)c1ccccc1.Cl. The Balaban J connectivity index is 0.00000243. The van der Waals surface area contributed by atoms with Gasteiger partial charge in [0.15, 0.2) is 0 Å². The van der Waals surface area contributed by atoms with Gasteiger partial charge in [0.25, 0.3) is 0 Å². The molecule has 0 aromatic heterocycles. The van der Waals surface area contributed by atoms with Crippen LogP contribution in [-0.2, 0) is 20.4 Å². The number of carbonyl (C=O) groups excluding carboxylic acids is 1. The molecule has 0 bridgehead atoms. The number of hydrogen-bond acceptors (Lipinski definition) is 4. The van der Waals surface area contributed by atoms with Crippen LogP contribution in [0.25, 0.3) is 0 Å². The van der Waals surface area contributed by atoms with Crippen molar-refractivity contribution < 1.29 is 13.2 Å². The zero-order chi connectivity index (χ0) is 18.1. The number of rotatable bonds is 4. The third kappa shape index (κ3) is 4.00. The Hall–Kier alpha value is -2.09. The summed E-state index contributed by atoms with van der Waals surface area (Å²) in [6.45, 7) is 2.10. The first-order valence-electron chi connectivity index (χ1n) is 8.07. The van der Waals surface area contributed by atoms with Crippen LogP contribution in [0.15, 0.2) is 54.6 Å². The van der Waals surface area contributed by atoms with Gasteiger partial charge in [-0.15, -0.1) is 12.4 Å². The molecule has 1 unspecified atom stereocenters. The number of nitrogens with two attached hydrogens (primary N) is 1. The van der Waals surface area contributed by atoms with Crippen LogP contribution in [0, 0.1) is 0 Å². The normalized spacial score (nSPS) is 17.8. The quantitative estimate of drug-likeness (QED) is 0.831. The van der Waals surface area contributed by atoms with E-state index < -0.39 is 15.6 Å². The Bertz CT molecular complexity index is 886. The Morgan fingerprint density at radius 1 is 1.15 bits per heavy atom. The van der Waals surface area contributed by atoms with E-state index >= 15 is 0 Å². The Morgan fingerprint density at radius 3 is 2.46 bits per heavy atom. The monoisotopic (exact) mass is 395 g/mol. The average Bonchev–Trinajstić information content (AvgIpc) is 2.95. The highest BCUT2D eigenvalue weighted by Crippen LogP contribution is 2.27. The first kappa shape index (κ1) is 20.2. The van der Waals surface area contributed by atoms with Crippen LogP contribution in [0.3, 0.4) is 0 Å². The largest absolute Gasteiger partial charge is 0.324 e. The van der Waals surface area contributed by atoms with Crippen LogP contribution in [0.1, 0.15) is 18.9 Å². The zero-order valence-electron chi connectivity index (χ0n) is 14.4. The summed E-state index contributed by atoms with van der Waals surface area (Å²) >= 11 is 0. The van der Waals surface area contributed by atoms with E-state index in [9.17, 15) is 13.2 Å². The summed E-state index contributed by atoms with van der Waals surface area (Å²) in [6, 6.07) is 15.9. The van der Waals surface area contributed by atoms with E-state index in [-0.39, 0.29) is 24.1 Å². The molecule has 0 spiro atoms. The highest BCUT2D eigenvalue weighted by Gasteiger charge is 2.31. The Labute approximate surface area is 159 Å². The van der Waals surface area contributed by atoms with Crippen molar-refractivity contribution in [1.29, 1.82) is 0 Å². The fraction of sp³-hybridized carbons (Fsp3) is 0.278. The molecule has 3 N–H and O–H groups in total. The maximum Gasteiger partial charge on any atom is 0.248 e. The molecular weight excluding hydrogens is 374 g/mol. The minimum absolute atomic E-state index is 0. The molecule has 2 aromatic carbocycles. The molecule has 1 amide bonds. The topological polar surface area (TPSA) is 92.5 Å². The molecule has 0 saturated carbocycles. The van der Waals surface area contributed by atoms with Crippen molar-refractivity contribution in [2.24, 2.45) is 5.73 Å². The lowest BCUT2D eigenvalue weighted by Crippen LogP contribution is -2.45. The summed E-state index contributed by atoms with van der Waals surface area (Å²) in [5, 5.41) is 2.79. The zero-order valence-corrected chi connectivity index (χ0v) is 16.0. The number of anilines is 2. The average molecular weight is 396 g/mol. The number of carbonyl (C=O) groups is 1. The Kier molecular flexibility index (Phi) is 5.95. The predicted molar refractivity (Wildman–Crippen MR) is 106 cm³/mol. The van der Waals surface area contributed by atoms with Gasteiger partial charge < -0.3 is 11.1 Å². The van der Waals surface area contributed by atoms with E-state index in [1.54, 1.807) is 43.3 Å². The van der Waals surface area contributed by atoms with Gasteiger partial charge in [-0.3, -0.25) is 9.10 Å². The molecule has 0 aliphatic carbocycles. The lowest BCUT2D eigenvalue weighted by molar-refractivity contribution is -0.120. The van der Waals surface area contributed by atoms with Crippen molar-refractivity contribution in [1.82, 2.24) is 0 Å². The fourth-order valence-electron chi connectivity index (χ4n) is 2.84. The minimum Gasteiger partial charge on any atom is -0.324 e. The van der Waals surface area contributed by atoms with E-state index in [4.69, 9.17) is 5.73 Å². The second-order valence-electron chi connectivity index (χ2n) is 6.31. The highest BCUT2D eigenvalue weighted by atomic mass is 35.5. The van der Waals surface area contributed by atoms with Crippen LogP contribution < -0.4 is 15.4 Å². The van der Waals surface area contributed by atoms with E-state index in [0.29, 0.717) is 29.9 Å². The molecular formula is C18H22ClN3O3S. The van der Waals surface area contributed by atoms with Gasteiger partial charge in [-0.1, -0.05) is 36.4 Å². The van der Waals surface area contributed by atoms with Crippen molar-refractivity contribution in [3.8, 4) is 0 Å². The van der Waals surface area contributed by atoms with Gasteiger partial charge in [0.2, 0.25) is 15.9 Å². The standard InChI is InChI=1S/C18H21N3O3S.ClH/c1-18(19,14-7-3-2-4-8-14)17(22)20-15-9-5-10-16(13-15)21-11-6-12-25(21,23)24;/h2-5,7-10,13H,6,11-12,19H2,1H3,(H,20,22);1H. The number of sulfonamides is 1. The van der Waals surface area contributed by atoms with E-state index in [1.165, 1.54) is 4.31 Å². The third-order valence-electron chi connectivity index (χ3n) is 4.34. The first-order valence-corrected chi connectivity index (χ1v) is 9.68. The second kappa shape index (κ2) is 7.65. The van der Waals surface area contributed by atoms with Gasteiger partial charge in [0.05, 0.1) is 11.4 Å². The van der Waals surface area contributed by atoms with E-state index in [0.717, 1.165) is 0 Å². The molecule has 1 fully saturated rings. The van der Waals surface area contributed by atoms with Gasteiger partial charge >= 0.3 is 0 Å². The molecule has 1 heterocycles. The van der Waals surface area contributed by atoms with Crippen LogP contribution in [0.4, 0.5) is 11.4 Å². The van der Waals surface area contributed by atoms with Crippen LogP contribution in [0.5, 0.6) is 0 Å². The van der Waals surface area contributed by atoms with E-state index in [2.05, 4.69) is 5.32 Å². The molecule has 26 heavy (non-hydrogen) atoms. The number of hydrogen-bond donors (Lipinski definition) is 2. The van der Waals surface area contributed by atoms with Gasteiger partial charge in [0, 0.05) is 12.2 Å². The van der Waals surface area contributed by atoms with Crippen molar-refractivity contribution in [3.05, 3.63) is 60.2 Å². The molecule has 1 atom stereocenters. The van der Waals surface area contributed by atoms with Crippen molar-refractivity contribution in [2.75, 3.05) is 21.9 Å². The number of nitrogens with one attached hydrogen (secondary N) is 1.